The molecule has 0 amide bonds. The van der Waals surface area contributed by atoms with Crippen molar-refractivity contribution >= 4 is 117 Å². The molecular weight excluding hydrogens is 623 g/mol. The topological polar surface area (TPSA) is 92.6 Å². The first-order valence-corrected chi connectivity index (χ1v) is 17.6. The van der Waals surface area contributed by atoms with Crippen molar-refractivity contribution in [1.82, 2.24) is 0 Å². The summed E-state index contributed by atoms with van der Waals surface area (Å²) in [5, 5.41) is 2.36. The molecule has 16 heteroatoms. The van der Waals surface area contributed by atoms with Gasteiger partial charge in [0.25, 0.3) is 0 Å². The zero-order valence-electron chi connectivity index (χ0n) is 22.0. The Morgan fingerprint density at radius 3 is 1.69 bits per heavy atom. The van der Waals surface area contributed by atoms with Crippen molar-refractivity contribution in [2.75, 3.05) is 31.2 Å². The molecule has 0 aromatic rings. The Bertz CT molecular complexity index is 995. The van der Waals surface area contributed by atoms with Crippen molar-refractivity contribution in [3.63, 3.8) is 0 Å². The smallest absolute Gasteiger partial charge is 0.234 e. The monoisotopic (exact) mass is 656 g/mol. The van der Waals surface area contributed by atoms with Crippen LogP contribution < -0.4 is 0 Å². The van der Waals surface area contributed by atoms with Crippen LogP contribution >= 0.6 is 68.8 Å². The summed E-state index contributed by atoms with van der Waals surface area (Å²) < 4.78 is 28.2. The van der Waals surface area contributed by atoms with Crippen LogP contribution in [0, 0.1) is 0 Å². The van der Waals surface area contributed by atoms with E-state index in [2.05, 4.69) is 89.2 Å². The number of aliphatic imine (C=N–C) groups is 2. The Morgan fingerprint density at radius 2 is 1.28 bits per heavy atom. The second-order valence-electron chi connectivity index (χ2n) is 9.04. The van der Waals surface area contributed by atoms with Crippen LogP contribution in [0.3, 0.4) is 0 Å². The van der Waals surface area contributed by atoms with E-state index in [1.54, 1.807) is 11.8 Å². The molecule has 3 atom stereocenters. The number of hydrogen-bond acceptors (Lipinski definition) is 10. The molecule has 2 aliphatic heterocycles. The second-order valence-corrected chi connectivity index (χ2v) is 18.0. The second kappa shape index (κ2) is 16.7. The third kappa shape index (κ3) is 15.3. The van der Waals surface area contributed by atoms with Gasteiger partial charge < -0.3 is 0 Å². The van der Waals surface area contributed by atoms with Crippen LogP contribution in [0.4, 0.5) is 0 Å². The molecule has 2 heterocycles. The predicted molar refractivity (Wildman–Crippen MR) is 173 cm³/mol. The van der Waals surface area contributed by atoms with Gasteiger partial charge in [0.15, 0.2) is 27.5 Å². The van der Waals surface area contributed by atoms with Gasteiger partial charge >= 0.3 is 0 Å². The lowest BCUT2D eigenvalue weighted by Gasteiger charge is -2.19. The minimum Gasteiger partial charge on any atom is -0.287 e. The fraction of sp³-hybridized carbons (Fsp3) is 0.750. The molecule has 0 N–H and O–H groups in total. The van der Waals surface area contributed by atoms with E-state index in [0.717, 1.165) is 10.3 Å². The maximum Gasteiger partial charge on any atom is 0.234 e. The molecule has 0 saturated heterocycles. The molecule has 0 spiro atoms. The molecule has 0 aromatic carbocycles. The summed E-state index contributed by atoms with van der Waals surface area (Å²) in [7, 11) is -0.0837. The number of amidine groups is 4. The number of rotatable bonds is 6. The van der Waals surface area contributed by atoms with Gasteiger partial charge in [-0.25, -0.2) is 0 Å². The average Bonchev–Trinajstić information content (AvgIpc) is 2.73. The first kappa shape index (κ1) is 34.7. The number of hydrogen-bond donors (Lipinski definition) is 0. The quantitative estimate of drug-likeness (QED) is 0.167. The number of nitrogens with zero attached hydrogens (tertiary/aromatic N) is 6. The molecule has 0 radical (unpaired) electrons. The Balaban J connectivity index is 0.000000369. The molecule has 208 valence electrons. The zero-order valence-corrected chi connectivity index (χ0v) is 28.4. The average molecular weight is 658 g/mol. The zero-order chi connectivity index (χ0) is 27.5. The Labute approximate surface area is 247 Å². The van der Waals surface area contributed by atoms with Crippen LogP contribution in [0.1, 0.15) is 55.4 Å². The molecule has 36 heavy (non-hydrogen) atoms. The summed E-state index contributed by atoms with van der Waals surface area (Å²) >= 11 is 18.5. The van der Waals surface area contributed by atoms with Crippen LogP contribution in [0.5, 0.6) is 0 Å². The van der Waals surface area contributed by atoms with E-state index in [-0.39, 0.29) is 25.3 Å². The number of halogens is 3. The number of thioether (sulfide) groups is 2. The molecule has 0 saturated carbocycles. The van der Waals surface area contributed by atoms with E-state index in [1.165, 1.54) is 16.6 Å². The van der Waals surface area contributed by atoms with Gasteiger partial charge in [-0.1, -0.05) is 65.1 Å². The lowest BCUT2D eigenvalue weighted by molar-refractivity contribution is 0.396. The van der Waals surface area contributed by atoms with Crippen molar-refractivity contribution < 1.29 is 8.37 Å². The van der Waals surface area contributed by atoms with Gasteiger partial charge in [-0.2, -0.15) is 23.1 Å². The molecule has 0 fully saturated rings. The van der Waals surface area contributed by atoms with Crippen LogP contribution in [-0.2, 0) is 30.7 Å². The molecule has 0 aliphatic carbocycles. The largest absolute Gasteiger partial charge is 0.287 e. The van der Waals surface area contributed by atoms with Gasteiger partial charge in [0.2, 0.25) is 15.6 Å². The first-order chi connectivity index (χ1) is 16.6. The van der Waals surface area contributed by atoms with Gasteiger partial charge in [0, 0.05) is 21.3 Å². The fourth-order valence-corrected chi connectivity index (χ4v) is 7.22. The third-order valence-electron chi connectivity index (χ3n) is 3.21. The van der Waals surface area contributed by atoms with Gasteiger partial charge in [-0.15, -0.1) is 38.1 Å². The normalized spacial score (nSPS) is 21.0. The minimum absolute atomic E-state index is 0.0261. The molecule has 0 bridgehead atoms. The highest BCUT2D eigenvalue weighted by molar-refractivity contribution is 8.28. The highest BCUT2D eigenvalue weighted by Gasteiger charge is 2.20. The molecule has 2 aliphatic rings. The lowest BCUT2D eigenvalue weighted by atomic mass is 10.3. The van der Waals surface area contributed by atoms with E-state index in [4.69, 9.17) is 43.2 Å². The molecule has 8 nitrogen and oxygen atoms in total. The Hall–Kier alpha value is 0.690. The van der Waals surface area contributed by atoms with Crippen molar-refractivity contribution in [3.05, 3.63) is 0 Å². The van der Waals surface area contributed by atoms with Crippen LogP contribution in [0.25, 0.3) is 0 Å². The summed E-state index contributed by atoms with van der Waals surface area (Å²) in [5.41, 5.74) is 0. The minimum atomic E-state index is -0.894. The van der Waals surface area contributed by atoms with Crippen molar-refractivity contribution in [2.45, 2.75) is 64.9 Å². The van der Waals surface area contributed by atoms with E-state index >= 15 is 0 Å². The van der Waals surface area contributed by atoms with Crippen LogP contribution in [-0.4, -0.2) is 66.4 Å². The van der Waals surface area contributed by atoms with Gasteiger partial charge in [-0.05, 0) is 36.6 Å². The van der Waals surface area contributed by atoms with Gasteiger partial charge in [-0.3, -0.25) is 8.37 Å². The lowest BCUT2D eigenvalue weighted by Crippen LogP contribution is -2.15. The van der Waals surface area contributed by atoms with Crippen molar-refractivity contribution in [2.24, 2.45) is 27.5 Å². The van der Waals surface area contributed by atoms with E-state index < -0.39 is 22.3 Å². The Morgan fingerprint density at radius 1 is 0.833 bits per heavy atom. The maximum absolute atomic E-state index is 5.80. The molecular formula is C20H35Cl3N6O2S5. The van der Waals surface area contributed by atoms with Crippen molar-refractivity contribution in [3.8, 4) is 0 Å². The fourth-order valence-electron chi connectivity index (χ4n) is 1.80. The molecule has 2 rings (SSSR count). The van der Waals surface area contributed by atoms with Gasteiger partial charge in [0.05, 0.1) is 13.2 Å². The van der Waals surface area contributed by atoms with E-state index in [9.17, 15) is 0 Å². The maximum atomic E-state index is 5.80. The van der Waals surface area contributed by atoms with E-state index in [1.807, 2.05) is 0 Å². The summed E-state index contributed by atoms with van der Waals surface area (Å²) in [6, 6.07) is 0. The summed E-state index contributed by atoms with van der Waals surface area (Å²) in [5.74, 6) is 0.852. The molecule has 3 unspecified atom stereocenters. The molecule has 0 aromatic heterocycles. The highest BCUT2D eigenvalue weighted by atomic mass is 35.5. The first-order valence-electron chi connectivity index (χ1n) is 10.8. The standard InChI is InChI=1S/C12H22ClN3OS3.C8H13Cl2N3OS2/c1-9(2)19(6)11-14-10(18-12(3,4)5)15-20(16-11)17-8-7-13;1-8(2,3)15-7-11-6(10)12-16(13-7)14-5-4-9/h7-8H2,1-6H3;4-5H2,1-3H3. The third-order valence-corrected chi connectivity index (χ3v) is 10.1. The summed E-state index contributed by atoms with van der Waals surface area (Å²) in [6.45, 7) is 17.7. The van der Waals surface area contributed by atoms with Crippen molar-refractivity contribution in [1.29, 1.82) is 0 Å². The summed E-state index contributed by atoms with van der Waals surface area (Å²) in [4.78, 5) is 9.94. The SMILES string of the molecule is CC(C)(C)SC1=NC(Cl)=NS(OCCCl)=N1.CC(C)=S(C)C1=NS(OCCCl)=NC(SC(C)(C)C)=N1. The number of alkyl halides is 2. The predicted octanol–water partition coefficient (Wildman–Crippen LogP) is 7.61. The highest BCUT2D eigenvalue weighted by Crippen LogP contribution is 2.30. The summed E-state index contributed by atoms with van der Waals surface area (Å²) in [6.07, 6.45) is 2.13. The van der Waals surface area contributed by atoms with Crippen LogP contribution in [0.15, 0.2) is 27.5 Å². The van der Waals surface area contributed by atoms with Crippen LogP contribution in [0.2, 0.25) is 0 Å². The van der Waals surface area contributed by atoms with Gasteiger partial charge in [0.1, 0.15) is 0 Å². The van der Waals surface area contributed by atoms with E-state index in [0.29, 0.717) is 30.1 Å². The Kier molecular flexibility index (Phi) is 16.1.